The topological polar surface area (TPSA) is 54.3 Å². The van der Waals surface area contributed by atoms with E-state index >= 15 is 0 Å². The molecule has 0 saturated heterocycles. The summed E-state index contributed by atoms with van der Waals surface area (Å²) in [4.78, 5) is 29.4. The van der Waals surface area contributed by atoms with Gasteiger partial charge in [-0.2, -0.15) is 0 Å². The molecule has 1 aliphatic carbocycles. The van der Waals surface area contributed by atoms with E-state index in [1.807, 2.05) is 53.3 Å². The van der Waals surface area contributed by atoms with Crippen molar-refractivity contribution in [3.8, 4) is 0 Å². The molecule has 1 saturated carbocycles. The number of carbonyl (C=O) groups excluding carboxylic acids is 2. The van der Waals surface area contributed by atoms with Crippen molar-refractivity contribution >= 4 is 45.0 Å². The van der Waals surface area contributed by atoms with Crippen LogP contribution in [0.2, 0.25) is 5.02 Å². The van der Waals surface area contributed by atoms with Gasteiger partial charge in [0.15, 0.2) is 0 Å². The molecule has 1 aliphatic heterocycles. The van der Waals surface area contributed by atoms with Crippen molar-refractivity contribution in [3.05, 3.63) is 58.1 Å². The number of carbonyl (C=O) groups is 2. The van der Waals surface area contributed by atoms with E-state index in [0.717, 1.165) is 28.6 Å². The zero-order valence-corrected chi connectivity index (χ0v) is 20.9. The Morgan fingerprint density at radius 3 is 2.73 bits per heavy atom. The smallest absolute Gasteiger partial charge is 0.271 e. The molecule has 1 fully saturated rings. The average molecular weight is 484 g/mol. The Morgan fingerprint density at radius 2 is 1.97 bits per heavy atom. The number of thiophene rings is 1. The number of hydrogen-bond acceptors (Lipinski definition) is 3. The highest BCUT2D eigenvalue weighted by atomic mass is 35.5. The molecule has 0 bridgehead atoms. The fraction of sp³-hybridized carbons (Fsp3) is 0.462. The number of nitrogens with zero attached hydrogens (tertiary/aromatic N) is 2. The quantitative estimate of drug-likeness (QED) is 0.516. The summed E-state index contributed by atoms with van der Waals surface area (Å²) in [5.74, 6) is 0.818. The summed E-state index contributed by atoms with van der Waals surface area (Å²) in [7, 11) is 0. The number of benzene rings is 1. The van der Waals surface area contributed by atoms with Crippen LogP contribution in [0.25, 0.3) is 10.2 Å². The fourth-order valence-corrected chi connectivity index (χ4v) is 6.35. The van der Waals surface area contributed by atoms with Gasteiger partial charge in [0.2, 0.25) is 5.91 Å². The Bertz CT molecular complexity index is 1200. The van der Waals surface area contributed by atoms with Crippen LogP contribution in [-0.2, 0) is 17.9 Å². The molecule has 4 unspecified atom stereocenters. The second-order valence-electron chi connectivity index (χ2n) is 9.92. The molecule has 0 spiro atoms. The Labute approximate surface area is 203 Å². The zero-order valence-electron chi connectivity index (χ0n) is 19.3. The highest BCUT2D eigenvalue weighted by Gasteiger charge is 2.48. The molecule has 3 heterocycles. The molecular formula is C26H30ClN3O2S. The molecule has 0 radical (unpaired) electrons. The Hall–Kier alpha value is -2.31. The normalized spacial score (nSPS) is 27.6. The van der Waals surface area contributed by atoms with Gasteiger partial charge in [-0.15, -0.1) is 11.3 Å². The standard InChI is InChI=1S/C26H30ClN3O2S/c1-16-5-4-6-20(17(16)2)28-25(32)26(3)15-29-21-11-12-33-23(21)13-22(29)24(31)30(26)14-18-7-9-19(27)10-8-18/h7-13,16-17,20H,4-6,14-15H2,1-3H3,(H,28,32). The first-order valence-electron chi connectivity index (χ1n) is 11.7. The van der Waals surface area contributed by atoms with Crippen LogP contribution in [-0.4, -0.2) is 32.9 Å². The van der Waals surface area contributed by atoms with Crippen molar-refractivity contribution in [2.24, 2.45) is 11.8 Å². The first kappa shape index (κ1) is 22.5. The van der Waals surface area contributed by atoms with Crippen LogP contribution in [0.1, 0.15) is 56.1 Å². The van der Waals surface area contributed by atoms with E-state index in [0.29, 0.717) is 35.6 Å². The minimum absolute atomic E-state index is 0.0708. The minimum atomic E-state index is -1.00. The molecule has 4 atom stereocenters. The van der Waals surface area contributed by atoms with Crippen LogP contribution in [0.4, 0.5) is 0 Å². The summed E-state index contributed by atoms with van der Waals surface area (Å²) < 4.78 is 3.10. The summed E-state index contributed by atoms with van der Waals surface area (Å²) in [5, 5.41) is 6.04. The van der Waals surface area contributed by atoms with Gasteiger partial charge in [-0.05, 0) is 60.4 Å². The summed E-state index contributed by atoms with van der Waals surface area (Å²) >= 11 is 7.70. The van der Waals surface area contributed by atoms with Crippen molar-refractivity contribution in [2.75, 3.05) is 0 Å². The van der Waals surface area contributed by atoms with Gasteiger partial charge in [0.25, 0.3) is 5.91 Å². The predicted octanol–water partition coefficient (Wildman–Crippen LogP) is 5.71. The number of halogens is 1. The molecule has 33 heavy (non-hydrogen) atoms. The first-order chi connectivity index (χ1) is 15.8. The van der Waals surface area contributed by atoms with E-state index in [9.17, 15) is 9.59 Å². The third-order valence-electron chi connectivity index (χ3n) is 7.82. The van der Waals surface area contributed by atoms with Crippen LogP contribution in [0.15, 0.2) is 41.8 Å². The van der Waals surface area contributed by atoms with Gasteiger partial charge < -0.3 is 14.8 Å². The second kappa shape index (κ2) is 8.48. The highest BCUT2D eigenvalue weighted by molar-refractivity contribution is 7.17. The molecule has 2 aromatic heterocycles. The van der Waals surface area contributed by atoms with Gasteiger partial charge in [-0.1, -0.05) is 50.4 Å². The van der Waals surface area contributed by atoms with E-state index in [1.165, 1.54) is 6.42 Å². The van der Waals surface area contributed by atoms with Gasteiger partial charge in [0.1, 0.15) is 11.2 Å². The number of fused-ring (bicyclic) bond motifs is 3. The summed E-state index contributed by atoms with van der Waals surface area (Å²) in [6.45, 7) is 7.20. The largest absolute Gasteiger partial charge is 0.351 e. The fourth-order valence-electron chi connectivity index (χ4n) is 5.40. The summed E-state index contributed by atoms with van der Waals surface area (Å²) in [5.41, 5.74) is 1.62. The molecule has 3 aromatic rings. The number of rotatable bonds is 4. The molecule has 5 rings (SSSR count). The molecule has 2 amide bonds. The maximum absolute atomic E-state index is 13.9. The number of nitrogens with one attached hydrogen (secondary N) is 1. The van der Waals surface area contributed by atoms with Crippen LogP contribution in [0.5, 0.6) is 0 Å². The molecule has 1 N–H and O–H groups in total. The molecule has 7 heteroatoms. The number of amides is 2. The third-order valence-corrected chi connectivity index (χ3v) is 8.92. The summed E-state index contributed by atoms with van der Waals surface area (Å²) in [6, 6.07) is 11.6. The molecule has 174 valence electrons. The lowest BCUT2D eigenvalue weighted by molar-refractivity contribution is -0.134. The van der Waals surface area contributed by atoms with E-state index < -0.39 is 5.54 Å². The van der Waals surface area contributed by atoms with E-state index in [1.54, 1.807) is 16.2 Å². The maximum atomic E-state index is 13.9. The van der Waals surface area contributed by atoms with Crippen LogP contribution >= 0.6 is 22.9 Å². The van der Waals surface area contributed by atoms with Gasteiger partial charge in [-0.25, -0.2) is 0 Å². The molecule has 5 nitrogen and oxygen atoms in total. The third kappa shape index (κ3) is 3.87. The van der Waals surface area contributed by atoms with Crippen molar-refractivity contribution < 1.29 is 9.59 Å². The molecular weight excluding hydrogens is 454 g/mol. The SMILES string of the molecule is CC1CCCC(NC(=O)C2(C)Cn3c(cc4sccc43)C(=O)N2Cc2ccc(Cl)cc2)C1C. The Morgan fingerprint density at radius 1 is 1.21 bits per heavy atom. The first-order valence-corrected chi connectivity index (χ1v) is 13.0. The Kier molecular flexibility index (Phi) is 5.78. The summed E-state index contributed by atoms with van der Waals surface area (Å²) in [6.07, 6.45) is 3.31. The van der Waals surface area contributed by atoms with E-state index in [4.69, 9.17) is 11.6 Å². The lowest BCUT2D eigenvalue weighted by atomic mass is 9.77. The van der Waals surface area contributed by atoms with Gasteiger partial charge in [0, 0.05) is 17.6 Å². The van der Waals surface area contributed by atoms with Gasteiger partial charge >= 0.3 is 0 Å². The Balaban J connectivity index is 1.52. The van der Waals surface area contributed by atoms with Gasteiger partial charge in [-0.3, -0.25) is 9.59 Å². The monoisotopic (exact) mass is 483 g/mol. The van der Waals surface area contributed by atoms with Gasteiger partial charge in [0.05, 0.1) is 16.8 Å². The van der Waals surface area contributed by atoms with Crippen LogP contribution < -0.4 is 5.32 Å². The van der Waals surface area contributed by atoms with E-state index in [2.05, 4.69) is 19.2 Å². The lowest BCUT2D eigenvalue weighted by Gasteiger charge is -2.45. The molecule has 2 aliphatic rings. The van der Waals surface area contributed by atoms with Crippen molar-refractivity contribution in [3.63, 3.8) is 0 Å². The second-order valence-corrected chi connectivity index (χ2v) is 11.3. The number of aromatic nitrogens is 1. The predicted molar refractivity (Wildman–Crippen MR) is 134 cm³/mol. The highest BCUT2D eigenvalue weighted by Crippen LogP contribution is 2.36. The van der Waals surface area contributed by atoms with E-state index in [-0.39, 0.29) is 17.9 Å². The zero-order chi connectivity index (χ0) is 23.3. The maximum Gasteiger partial charge on any atom is 0.271 e. The number of hydrogen-bond donors (Lipinski definition) is 1. The molecule has 1 aromatic carbocycles. The average Bonchev–Trinajstić information content (AvgIpc) is 3.38. The van der Waals surface area contributed by atoms with Crippen molar-refractivity contribution in [1.29, 1.82) is 0 Å². The lowest BCUT2D eigenvalue weighted by Crippen LogP contribution is -2.65. The van der Waals surface area contributed by atoms with Crippen LogP contribution in [0.3, 0.4) is 0 Å². The van der Waals surface area contributed by atoms with Crippen molar-refractivity contribution in [1.82, 2.24) is 14.8 Å². The van der Waals surface area contributed by atoms with Crippen molar-refractivity contribution in [2.45, 2.75) is 64.7 Å². The minimum Gasteiger partial charge on any atom is -0.351 e. The van der Waals surface area contributed by atoms with Crippen LogP contribution in [0, 0.1) is 11.8 Å².